The van der Waals surface area contributed by atoms with Crippen LogP contribution in [-0.2, 0) is 13.1 Å². The lowest BCUT2D eigenvalue weighted by Crippen LogP contribution is -2.31. The highest BCUT2D eigenvalue weighted by Crippen LogP contribution is 2.19. The molecule has 3 aromatic rings. The van der Waals surface area contributed by atoms with Crippen molar-refractivity contribution in [2.24, 2.45) is 0 Å². The first-order valence-corrected chi connectivity index (χ1v) is 9.37. The number of rotatable bonds is 7. The van der Waals surface area contributed by atoms with E-state index in [1.807, 2.05) is 42.6 Å². The van der Waals surface area contributed by atoms with E-state index < -0.39 is 0 Å². The van der Waals surface area contributed by atoms with Crippen LogP contribution in [0.4, 0.5) is 0 Å². The summed E-state index contributed by atoms with van der Waals surface area (Å²) in [5, 5.41) is 1.34. The number of halogens is 2. The maximum absolute atomic E-state index is 12.9. The Hall–Kier alpha value is -2.49. The summed E-state index contributed by atoms with van der Waals surface area (Å²) < 4.78 is 2.10. The monoisotopic (exact) mass is 398 g/mol. The minimum Gasteiger partial charge on any atom is -0.345 e. The lowest BCUT2D eigenvalue weighted by molar-refractivity contribution is 0.0759. The van der Waals surface area contributed by atoms with Gasteiger partial charge in [-0.1, -0.05) is 47.5 Å². The van der Waals surface area contributed by atoms with Crippen molar-refractivity contribution in [2.75, 3.05) is 6.54 Å². The Morgan fingerprint density at radius 2 is 1.78 bits per heavy atom. The molecule has 0 aliphatic carbocycles. The van der Waals surface area contributed by atoms with Crippen molar-refractivity contribution >= 4 is 29.1 Å². The number of aromatic nitrogens is 1. The average molecular weight is 399 g/mol. The van der Waals surface area contributed by atoms with Crippen molar-refractivity contribution < 1.29 is 4.79 Å². The molecule has 0 atom stereocenters. The molecule has 1 aromatic heterocycles. The molecule has 0 saturated carbocycles. The first-order valence-electron chi connectivity index (χ1n) is 8.61. The number of benzene rings is 2. The molecule has 138 valence electrons. The van der Waals surface area contributed by atoms with Gasteiger partial charge >= 0.3 is 0 Å². The molecule has 0 N–H and O–H groups in total. The average Bonchev–Trinajstić information content (AvgIpc) is 3.10. The SMILES string of the molecule is C=CCN(Cc1cccn1Cc1ccccc1Cl)C(=O)c1ccc(Cl)cc1. The highest BCUT2D eigenvalue weighted by atomic mass is 35.5. The third kappa shape index (κ3) is 4.82. The fourth-order valence-electron chi connectivity index (χ4n) is 2.90. The third-order valence-corrected chi connectivity index (χ3v) is 4.92. The zero-order valence-electron chi connectivity index (χ0n) is 14.8. The van der Waals surface area contributed by atoms with E-state index in [0.717, 1.165) is 16.3 Å². The number of amides is 1. The second-order valence-corrected chi connectivity index (χ2v) is 7.04. The van der Waals surface area contributed by atoms with Crippen LogP contribution in [0.1, 0.15) is 21.6 Å². The van der Waals surface area contributed by atoms with Crippen molar-refractivity contribution in [2.45, 2.75) is 13.1 Å². The molecule has 1 heterocycles. The van der Waals surface area contributed by atoms with Crippen LogP contribution in [-0.4, -0.2) is 21.9 Å². The van der Waals surface area contributed by atoms with Crippen LogP contribution in [0.15, 0.2) is 79.5 Å². The minimum absolute atomic E-state index is 0.0583. The van der Waals surface area contributed by atoms with E-state index in [-0.39, 0.29) is 5.91 Å². The molecule has 0 spiro atoms. The van der Waals surface area contributed by atoms with Gasteiger partial charge in [0.2, 0.25) is 0 Å². The maximum atomic E-state index is 12.9. The van der Waals surface area contributed by atoms with Gasteiger partial charge < -0.3 is 9.47 Å². The fraction of sp³-hybridized carbons (Fsp3) is 0.136. The number of nitrogens with zero attached hydrogens (tertiary/aromatic N) is 2. The predicted octanol–water partition coefficient (Wildman–Crippen LogP) is 5.67. The zero-order valence-corrected chi connectivity index (χ0v) is 16.3. The first kappa shape index (κ1) is 19.3. The van der Waals surface area contributed by atoms with Crippen molar-refractivity contribution in [1.82, 2.24) is 9.47 Å². The fourth-order valence-corrected chi connectivity index (χ4v) is 3.22. The van der Waals surface area contributed by atoms with Crippen LogP contribution >= 0.6 is 23.2 Å². The lowest BCUT2D eigenvalue weighted by Gasteiger charge is -2.22. The number of carbonyl (C=O) groups is 1. The van der Waals surface area contributed by atoms with Gasteiger partial charge in [0.05, 0.1) is 6.54 Å². The quantitative estimate of drug-likeness (QED) is 0.470. The van der Waals surface area contributed by atoms with Gasteiger partial charge in [0.25, 0.3) is 5.91 Å². The molecule has 3 rings (SSSR count). The third-order valence-electron chi connectivity index (χ3n) is 4.30. The molecule has 0 aliphatic heterocycles. The summed E-state index contributed by atoms with van der Waals surface area (Å²) >= 11 is 12.2. The van der Waals surface area contributed by atoms with E-state index in [1.54, 1.807) is 35.2 Å². The summed E-state index contributed by atoms with van der Waals surface area (Å²) in [4.78, 5) is 14.7. The standard InChI is InChI=1S/C22H20Cl2N2O/c1-2-13-26(22(27)17-9-11-19(23)12-10-17)16-20-7-5-14-25(20)15-18-6-3-4-8-21(18)24/h2-12,14H,1,13,15-16H2. The molecule has 0 saturated heterocycles. The van der Waals surface area contributed by atoms with Crippen LogP contribution in [0.3, 0.4) is 0 Å². The maximum Gasteiger partial charge on any atom is 0.254 e. The van der Waals surface area contributed by atoms with Gasteiger partial charge in [-0.25, -0.2) is 0 Å². The number of hydrogen-bond donors (Lipinski definition) is 0. The summed E-state index contributed by atoms with van der Waals surface area (Å²) in [6.45, 7) is 5.37. The van der Waals surface area contributed by atoms with E-state index in [9.17, 15) is 4.79 Å². The summed E-state index contributed by atoms with van der Waals surface area (Å²) in [7, 11) is 0. The van der Waals surface area contributed by atoms with Gasteiger partial charge in [-0.2, -0.15) is 0 Å². The van der Waals surface area contributed by atoms with E-state index in [2.05, 4.69) is 11.1 Å². The van der Waals surface area contributed by atoms with Gasteiger partial charge in [0.15, 0.2) is 0 Å². The van der Waals surface area contributed by atoms with Gasteiger partial charge in [0.1, 0.15) is 0 Å². The number of carbonyl (C=O) groups excluding carboxylic acids is 1. The highest BCUT2D eigenvalue weighted by Gasteiger charge is 2.17. The number of hydrogen-bond acceptors (Lipinski definition) is 1. The Labute approximate surface area is 169 Å². The molecule has 0 radical (unpaired) electrons. The molecule has 5 heteroatoms. The second kappa shape index (κ2) is 8.94. The van der Waals surface area contributed by atoms with Crippen molar-refractivity contribution in [3.8, 4) is 0 Å². The summed E-state index contributed by atoms with van der Waals surface area (Å²) in [6.07, 6.45) is 3.73. The van der Waals surface area contributed by atoms with E-state index >= 15 is 0 Å². The topological polar surface area (TPSA) is 25.2 Å². The molecule has 27 heavy (non-hydrogen) atoms. The Morgan fingerprint density at radius 1 is 1.04 bits per heavy atom. The van der Waals surface area contributed by atoms with E-state index in [4.69, 9.17) is 23.2 Å². The minimum atomic E-state index is -0.0583. The molecule has 0 bridgehead atoms. The second-order valence-electron chi connectivity index (χ2n) is 6.20. The van der Waals surface area contributed by atoms with Gasteiger partial charge in [-0.15, -0.1) is 6.58 Å². The van der Waals surface area contributed by atoms with E-state index in [0.29, 0.717) is 30.2 Å². The molecule has 3 nitrogen and oxygen atoms in total. The molecule has 1 amide bonds. The first-order chi connectivity index (χ1) is 13.1. The Kier molecular flexibility index (Phi) is 6.38. The summed E-state index contributed by atoms with van der Waals surface area (Å²) in [5.74, 6) is -0.0583. The molecule has 0 aliphatic rings. The lowest BCUT2D eigenvalue weighted by atomic mass is 10.2. The van der Waals surface area contributed by atoms with Crippen molar-refractivity contribution in [3.63, 3.8) is 0 Å². The normalized spacial score (nSPS) is 10.6. The molecular formula is C22H20Cl2N2O. The van der Waals surface area contributed by atoms with Crippen molar-refractivity contribution in [1.29, 1.82) is 0 Å². The molecule has 0 fully saturated rings. The zero-order chi connectivity index (χ0) is 19.2. The van der Waals surface area contributed by atoms with Crippen molar-refractivity contribution in [3.05, 3.63) is 106 Å². The van der Waals surface area contributed by atoms with E-state index in [1.165, 1.54) is 0 Å². The summed E-state index contributed by atoms with van der Waals surface area (Å²) in [5.41, 5.74) is 2.67. The summed E-state index contributed by atoms with van der Waals surface area (Å²) in [6, 6.07) is 18.7. The highest BCUT2D eigenvalue weighted by molar-refractivity contribution is 6.31. The van der Waals surface area contributed by atoms with Gasteiger partial charge in [-0.3, -0.25) is 4.79 Å². The van der Waals surface area contributed by atoms with Gasteiger partial charge in [-0.05, 0) is 48.0 Å². The van der Waals surface area contributed by atoms with Crippen LogP contribution in [0.25, 0.3) is 0 Å². The van der Waals surface area contributed by atoms with Gasteiger partial charge in [0, 0.05) is 40.6 Å². The van der Waals surface area contributed by atoms with Crippen LogP contribution in [0.5, 0.6) is 0 Å². The van der Waals surface area contributed by atoms with Crippen LogP contribution in [0.2, 0.25) is 10.0 Å². The van der Waals surface area contributed by atoms with Crippen LogP contribution in [0, 0.1) is 0 Å². The predicted molar refractivity (Wildman–Crippen MR) is 111 cm³/mol. The largest absolute Gasteiger partial charge is 0.345 e. The Balaban J connectivity index is 1.80. The molecule has 2 aromatic carbocycles. The Bertz CT molecular complexity index is 931. The molecular weight excluding hydrogens is 379 g/mol. The molecule has 0 unspecified atom stereocenters. The smallest absolute Gasteiger partial charge is 0.254 e. The van der Waals surface area contributed by atoms with Crippen LogP contribution < -0.4 is 0 Å². The Morgan fingerprint density at radius 3 is 2.48 bits per heavy atom.